The Bertz CT molecular complexity index is 657. The monoisotopic (exact) mass is 343 g/mol. The molecule has 1 heterocycles. The van der Waals surface area contributed by atoms with Crippen LogP contribution in [0.15, 0.2) is 36.7 Å². The minimum absolute atomic E-state index is 0.136. The van der Waals surface area contributed by atoms with E-state index in [1.54, 1.807) is 6.07 Å². The summed E-state index contributed by atoms with van der Waals surface area (Å²) in [6.07, 6.45) is 4.22. The number of rotatable bonds is 4. The van der Waals surface area contributed by atoms with Crippen molar-refractivity contribution in [2.24, 2.45) is 0 Å². The van der Waals surface area contributed by atoms with Gasteiger partial charge in [-0.15, -0.1) is 0 Å². The third-order valence-electron chi connectivity index (χ3n) is 2.94. The molecule has 0 atom stereocenters. The first-order chi connectivity index (χ1) is 9.95. The second kappa shape index (κ2) is 7.12. The first-order valence-electron chi connectivity index (χ1n) is 6.36. The summed E-state index contributed by atoms with van der Waals surface area (Å²) in [5.74, 6) is -0.136. The van der Waals surface area contributed by atoms with Gasteiger partial charge in [-0.1, -0.05) is 34.8 Å². The standard InChI is InChI=1S/C15H13Cl3N2O/c1-10-2-5-20(6-3-10)7-4-15(21)19-14-9-12(17)11(16)8-13(14)18/h2-3,5-6,8-9H,4,7H2,1H3/p+1. The summed E-state index contributed by atoms with van der Waals surface area (Å²) in [6.45, 7) is 2.61. The van der Waals surface area contributed by atoms with Gasteiger partial charge >= 0.3 is 0 Å². The van der Waals surface area contributed by atoms with E-state index in [1.807, 2.05) is 36.0 Å². The van der Waals surface area contributed by atoms with Crippen LogP contribution in [0.1, 0.15) is 12.0 Å². The average Bonchev–Trinajstić information content (AvgIpc) is 2.44. The number of aromatic nitrogens is 1. The van der Waals surface area contributed by atoms with E-state index in [1.165, 1.54) is 11.6 Å². The van der Waals surface area contributed by atoms with E-state index in [4.69, 9.17) is 34.8 Å². The van der Waals surface area contributed by atoms with Crippen molar-refractivity contribution in [3.63, 3.8) is 0 Å². The lowest BCUT2D eigenvalue weighted by atomic mass is 10.3. The molecule has 3 nitrogen and oxygen atoms in total. The van der Waals surface area contributed by atoms with Crippen LogP contribution in [0.4, 0.5) is 5.69 Å². The first-order valence-corrected chi connectivity index (χ1v) is 7.49. The number of nitrogens with zero attached hydrogens (tertiary/aromatic N) is 1. The van der Waals surface area contributed by atoms with E-state index in [0.29, 0.717) is 33.7 Å². The zero-order chi connectivity index (χ0) is 15.4. The Morgan fingerprint density at radius 2 is 1.71 bits per heavy atom. The van der Waals surface area contributed by atoms with E-state index < -0.39 is 0 Å². The smallest absolute Gasteiger partial charge is 0.230 e. The maximum atomic E-state index is 11.9. The van der Waals surface area contributed by atoms with Crippen LogP contribution in [0, 0.1) is 6.92 Å². The van der Waals surface area contributed by atoms with Crippen molar-refractivity contribution in [1.29, 1.82) is 0 Å². The van der Waals surface area contributed by atoms with E-state index in [9.17, 15) is 4.79 Å². The number of pyridine rings is 1. The molecule has 2 aromatic rings. The van der Waals surface area contributed by atoms with E-state index in [0.717, 1.165) is 0 Å². The molecule has 1 N–H and O–H groups in total. The van der Waals surface area contributed by atoms with Gasteiger partial charge in [0.15, 0.2) is 18.9 Å². The number of aryl methyl sites for hydroxylation is 2. The van der Waals surface area contributed by atoms with Gasteiger partial charge in [-0.3, -0.25) is 4.79 Å². The molecule has 0 unspecified atom stereocenters. The van der Waals surface area contributed by atoms with Gasteiger partial charge in [-0.25, -0.2) is 4.57 Å². The molecule has 0 bridgehead atoms. The van der Waals surface area contributed by atoms with Crippen LogP contribution in [0.5, 0.6) is 0 Å². The topological polar surface area (TPSA) is 33.0 Å². The lowest BCUT2D eigenvalue weighted by Gasteiger charge is -2.08. The number of carbonyl (C=O) groups is 1. The molecule has 0 aliphatic rings. The summed E-state index contributed by atoms with van der Waals surface area (Å²) in [7, 11) is 0. The van der Waals surface area contributed by atoms with Crippen LogP contribution < -0.4 is 9.88 Å². The van der Waals surface area contributed by atoms with Crippen LogP contribution in [-0.4, -0.2) is 5.91 Å². The summed E-state index contributed by atoms with van der Waals surface area (Å²) in [4.78, 5) is 11.9. The van der Waals surface area contributed by atoms with Gasteiger partial charge in [0.2, 0.25) is 5.91 Å². The van der Waals surface area contributed by atoms with Crippen molar-refractivity contribution < 1.29 is 9.36 Å². The third kappa shape index (κ3) is 4.60. The Balaban J connectivity index is 1.96. The van der Waals surface area contributed by atoms with Crippen molar-refractivity contribution in [2.45, 2.75) is 19.9 Å². The van der Waals surface area contributed by atoms with Gasteiger partial charge in [0.1, 0.15) is 0 Å². The minimum Gasteiger partial charge on any atom is -0.325 e. The molecule has 110 valence electrons. The predicted octanol–water partition coefficient (Wildman–Crippen LogP) is 4.27. The molecule has 0 saturated heterocycles. The maximum absolute atomic E-state index is 11.9. The zero-order valence-electron chi connectivity index (χ0n) is 11.4. The average molecular weight is 345 g/mol. The molecule has 0 spiro atoms. The molecule has 1 amide bonds. The Morgan fingerprint density at radius 3 is 2.38 bits per heavy atom. The Labute approximate surface area is 138 Å². The summed E-state index contributed by atoms with van der Waals surface area (Å²) in [5, 5.41) is 3.80. The molecule has 0 aliphatic heterocycles. The second-order valence-corrected chi connectivity index (χ2v) is 5.88. The molecule has 21 heavy (non-hydrogen) atoms. The highest BCUT2D eigenvalue weighted by Gasteiger charge is 2.11. The third-order valence-corrected chi connectivity index (χ3v) is 3.97. The van der Waals surface area contributed by atoms with Gasteiger partial charge in [0, 0.05) is 12.1 Å². The number of anilines is 1. The van der Waals surface area contributed by atoms with Crippen molar-refractivity contribution in [3.8, 4) is 0 Å². The Kier molecular flexibility index (Phi) is 5.45. The maximum Gasteiger partial charge on any atom is 0.230 e. The van der Waals surface area contributed by atoms with Crippen LogP contribution >= 0.6 is 34.8 Å². The summed E-state index contributed by atoms with van der Waals surface area (Å²) in [5.41, 5.74) is 1.64. The highest BCUT2D eigenvalue weighted by Crippen LogP contribution is 2.32. The molecular formula is C15H14Cl3N2O+. The molecule has 0 radical (unpaired) electrons. The van der Waals surface area contributed by atoms with Crippen LogP contribution in [0.3, 0.4) is 0 Å². The molecule has 0 fully saturated rings. The zero-order valence-corrected chi connectivity index (χ0v) is 13.6. The summed E-state index contributed by atoms with van der Waals surface area (Å²) < 4.78 is 1.95. The number of nitrogens with one attached hydrogen (secondary N) is 1. The lowest BCUT2D eigenvalue weighted by molar-refractivity contribution is -0.695. The van der Waals surface area contributed by atoms with E-state index in [-0.39, 0.29) is 5.91 Å². The van der Waals surface area contributed by atoms with E-state index in [2.05, 4.69) is 5.32 Å². The number of hydrogen-bond acceptors (Lipinski definition) is 1. The molecule has 1 aromatic heterocycles. The number of carbonyl (C=O) groups excluding carboxylic acids is 1. The van der Waals surface area contributed by atoms with E-state index >= 15 is 0 Å². The van der Waals surface area contributed by atoms with Gasteiger partial charge in [0.05, 0.1) is 27.2 Å². The molecular weight excluding hydrogens is 331 g/mol. The van der Waals surface area contributed by atoms with Crippen molar-refractivity contribution in [3.05, 3.63) is 57.3 Å². The number of hydrogen-bond donors (Lipinski definition) is 1. The van der Waals surface area contributed by atoms with Gasteiger partial charge in [-0.05, 0) is 24.6 Å². The van der Waals surface area contributed by atoms with Gasteiger partial charge in [-0.2, -0.15) is 0 Å². The lowest BCUT2D eigenvalue weighted by Crippen LogP contribution is -2.34. The van der Waals surface area contributed by atoms with Crippen LogP contribution in [0.25, 0.3) is 0 Å². The molecule has 2 rings (SSSR count). The normalized spacial score (nSPS) is 10.5. The number of halogens is 3. The highest BCUT2D eigenvalue weighted by molar-refractivity contribution is 6.44. The molecule has 6 heteroatoms. The second-order valence-electron chi connectivity index (χ2n) is 4.66. The van der Waals surface area contributed by atoms with Crippen molar-refractivity contribution in [2.75, 3.05) is 5.32 Å². The van der Waals surface area contributed by atoms with Gasteiger partial charge in [0.25, 0.3) is 0 Å². The minimum atomic E-state index is -0.136. The van der Waals surface area contributed by atoms with Gasteiger partial charge < -0.3 is 5.32 Å². The fourth-order valence-corrected chi connectivity index (χ4v) is 2.34. The highest BCUT2D eigenvalue weighted by atomic mass is 35.5. The number of benzene rings is 1. The first kappa shape index (κ1) is 16.1. The summed E-state index contributed by atoms with van der Waals surface area (Å²) in [6, 6.07) is 7.04. The molecule has 1 aromatic carbocycles. The fourth-order valence-electron chi connectivity index (χ4n) is 1.74. The fraction of sp³-hybridized carbons (Fsp3) is 0.200. The predicted molar refractivity (Wildman–Crippen MR) is 86.1 cm³/mol. The van der Waals surface area contributed by atoms with Crippen molar-refractivity contribution in [1.82, 2.24) is 0 Å². The van der Waals surface area contributed by atoms with Crippen LogP contribution in [0.2, 0.25) is 15.1 Å². The Morgan fingerprint density at radius 1 is 1.10 bits per heavy atom. The Hall–Kier alpha value is -1.29. The SMILES string of the molecule is Cc1cc[n+](CCC(=O)Nc2cc(Cl)c(Cl)cc2Cl)cc1. The van der Waals surface area contributed by atoms with Crippen LogP contribution in [-0.2, 0) is 11.3 Å². The largest absolute Gasteiger partial charge is 0.325 e. The molecule has 0 aliphatic carbocycles. The summed E-state index contributed by atoms with van der Waals surface area (Å²) >= 11 is 17.8. The van der Waals surface area contributed by atoms with Crippen molar-refractivity contribution >= 4 is 46.4 Å². The molecule has 0 saturated carbocycles. The number of amides is 1. The quantitative estimate of drug-likeness (QED) is 0.652.